The number of nitrogens with one attached hydrogen (secondary N) is 1. The van der Waals surface area contributed by atoms with Crippen LogP contribution in [-0.4, -0.2) is 36.0 Å². The molecular weight excluding hydrogens is 400 g/mol. The summed E-state index contributed by atoms with van der Waals surface area (Å²) in [6.07, 6.45) is 0. The Morgan fingerprint density at radius 2 is 1.47 bits per heavy atom. The first-order valence-electron chi connectivity index (χ1n) is 9.47. The van der Waals surface area contributed by atoms with Gasteiger partial charge in [-0.2, -0.15) is 0 Å². The number of ketones is 2. The average Bonchev–Trinajstić information content (AvgIpc) is 2.73. The molecule has 0 radical (unpaired) electrons. The fraction of sp³-hybridized carbons (Fsp3) is 0.125. The van der Waals surface area contributed by atoms with E-state index in [1.54, 1.807) is 42.5 Å². The molecule has 6 heteroatoms. The molecule has 150 valence electrons. The quantitative estimate of drug-likeness (QED) is 0.528. The number of carbonyl (C=O) groups is 3. The maximum absolute atomic E-state index is 12.8. The number of hydrogen-bond donors (Lipinski definition) is 1. The standard InChI is InChI=1S/C24H19ClN2O3/c1-27(13-15-6-8-16(25)9-7-15)14-22(28)26-17-10-11-20-21(12-17)24(30)19-5-3-2-4-18(19)23(20)29/h2-12H,13-14H2,1H3,(H,26,28). The first-order chi connectivity index (χ1) is 14.4. The van der Waals surface area contributed by atoms with Gasteiger partial charge in [0.05, 0.1) is 6.54 Å². The Labute approximate surface area is 179 Å². The molecule has 5 nitrogen and oxygen atoms in total. The Hall–Kier alpha value is -3.28. The van der Waals surface area contributed by atoms with Crippen molar-refractivity contribution in [3.8, 4) is 0 Å². The van der Waals surface area contributed by atoms with Gasteiger partial charge in [0.1, 0.15) is 0 Å². The lowest BCUT2D eigenvalue weighted by Crippen LogP contribution is -2.30. The number of anilines is 1. The molecule has 0 heterocycles. The molecule has 1 amide bonds. The van der Waals surface area contributed by atoms with Gasteiger partial charge in [0.25, 0.3) is 0 Å². The highest BCUT2D eigenvalue weighted by Gasteiger charge is 2.29. The van der Waals surface area contributed by atoms with E-state index in [2.05, 4.69) is 5.32 Å². The minimum Gasteiger partial charge on any atom is -0.325 e. The van der Waals surface area contributed by atoms with Crippen molar-refractivity contribution in [3.63, 3.8) is 0 Å². The molecule has 1 aliphatic rings. The van der Waals surface area contributed by atoms with Crippen molar-refractivity contribution < 1.29 is 14.4 Å². The van der Waals surface area contributed by atoms with Gasteiger partial charge in [-0.25, -0.2) is 0 Å². The summed E-state index contributed by atoms with van der Waals surface area (Å²) in [4.78, 5) is 39.8. The second kappa shape index (κ2) is 8.22. The fourth-order valence-corrected chi connectivity index (χ4v) is 3.71. The van der Waals surface area contributed by atoms with Crippen molar-refractivity contribution in [1.29, 1.82) is 0 Å². The first kappa shape index (κ1) is 20.0. The van der Waals surface area contributed by atoms with Crippen LogP contribution in [0.25, 0.3) is 0 Å². The Morgan fingerprint density at radius 1 is 0.867 bits per heavy atom. The van der Waals surface area contributed by atoms with E-state index in [9.17, 15) is 14.4 Å². The number of halogens is 1. The molecule has 0 saturated heterocycles. The van der Waals surface area contributed by atoms with Gasteiger partial charge in [-0.05, 0) is 42.9 Å². The van der Waals surface area contributed by atoms with Crippen molar-refractivity contribution in [2.24, 2.45) is 0 Å². The number of rotatable bonds is 5. The maximum Gasteiger partial charge on any atom is 0.238 e. The van der Waals surface area contributed by atoms with Gasteiger partial charge in [0.2, 0.25) is 5.91 Å². The van der Waals surface area contributed by atoms with Crippen molar-refractivity contribution >= 4 is 34.8 Å². The van der Waals surface area contributed by atoms with Gasteiger partial charge in [0.15, 0.2) is 11.6 Å². The van der Waals surface area contributed by atoms with Crippen LogP contribution in [0, 0.1) is 0 Å². The minimum atomic E-state index is -0.212. The van der Waals surface area contributed by atoms with Gasteiger partial charge in [-0.15, -0.1) is 0 Å². The van der Waals surface area contributed by atoms with Gasteiger partial charge in [-0.1, -0.05) is 48.0 Å². The van der Waals surface area contributed by atoms with E-state index in [1.807, 2.05) is 36.2 Å². The van der Waals surface area contributed by atoms with Crippen molar-refractivity contribution in [2.75, 3.05) is 18.9 Å². The summed E-state index contributed by atoms with van der Waals surface area (Å²) in [7, 11) is 1.85. The molecule has 0 atom stereocenters. The monoisotopic (exact) mass is 418 g/mol. The molecule has 0 bridgehead atoms. The summed E-state index contributed by atoms with van der Waals surface area (Å²) in [5.41, 5.74) is 3.00. The number of fused-ring (bicyclic) bond motifs is 2. The predicted molar refractivity (Wildman–Crippen MR) is 116 cm³/mol. The highest BCUT2D eigenvalue weighted by Crippen LogP contribution is 2.29. The predicted octanol–water partition coefficient (Wildman–Crippen LogP) is 4.19. The summed E-state index contributed by atoms with van der Waals surface area (Å²) in [5.74, 6) is -0.599. The van der Waals surface area contributed by atoms with Crippen LogP contribution in [0.5, 0.6) is 0 Å². The zero-order valence-corrected chi connectivity index (χ0v) is 17.1. The SMILES string of the molecule is CN(CC(=O)Nc1ccc2c(c1)C(=O)c1ccccc1C2=O)Cc1ccc(Cl)cc1. The van der Waals surface area contributed by atoms with E-state index in [0.717, 1.165) is 5.56 Å². The summed E-state index contributed by atoms with van der Waals surface area (Å²) in [5, 5.41) is 3.48. The third-order valence-electron chi connectivity index (χ3n) is 4.99. The van der Waals surface area contributed by atoms with Gasteiger partial charge < -0.3 is 5.32 Å². The normalized spacial score (nSPS) is 12.5. The zero-order chi connectivity index (χ0) is 21.3. The second-order valence-corrected chi connectivity index (χ2v) is 7.75. The van der Waals surface area contributed by atoms with Crippen LogP contribution in [0.3, 0.4) is 0 Å². The number of carbonyl (C=O) groups excluding carboxylic acids is 3. The highest BCUT2D eigenvalue weighted by atomic mass is 35.5. The molecule has 0 aromatic heterocycles. The smallest absolute Gasteiger partial charge is 0.238 e. The number of benzene rings is 3. The topological polar surface area (TPSA) is 66.5 Å². The molecule has 0 saturated carbocycles. The third kappa shape index (κ3) is 4.03. The molecule has 0 aliphatic heterocycles. The van der Waals surface area contributed by atoms with E-state index < -0.39 is 0 Å². The number of hydrogen-bond acceptors (Lipinski definition) is 4. The Kier molecular flexibility index (Phi) is 5.48. The minimum absolute atomic E-state index is 0.176. The lowest BCUT2D eigenvalue weighted by Gasteiger charge is -2.19. The number of amides is 1. The Bertz CT molecular complexity index is 1160. The van der Waals surface area contributed by atoms with E-state index in [1.165, 1.54) is 0 Å². The molecule has 1 N–H and O–H groups in total. The van der Waals surface area contributed by atoms with Crippen LogP contribution in [0.2, 0.25) is 5.02 Å². The number of nitrogens with zero attached hydrogens (tertiary/aromatic N) is 1. The van der Waals surface area contributed by atoms with E-state index in [4.69, 9.17) is 11.6 Å². The molecular formula is C24H19ClN2O3. The molecule has 1 aliphatic carbocycles. The largest absolute Gasteiger partial charge is 0.325 e. The molecule has 30 heavy (non-hydrogen) atoms. The van der Waals surface area contributed by atoms with E-state index >= 15 is 0 Å². The molecule has 0 unspecified atom stereocenters. The lowest BCUT2D eigenvalue weighted by atomic mass is 9.84. The molecule has 3 aromatic carbocycles. The summed E-state index contributed by atoms with van der Waals surface area (Å²) in [6.45, 7) is 0.772. The highest BCUT2D eigenvalue weighted by molar-refractivity contribution is 6.30. The molecule has 0 fully saturated rings. The van der Waals surface area contributed by atoms with Gasteiger partial charge in [-0.3, -0.25) is 19.3 Å². The van der Waals surface area contributed by atoms with Crippen LogP contribution in [-0.2, 0) is 11.3 Å². The zero-order valence-electron chi connectivity index (χ0n) is 16.3. The van der Waals surface area contributed by atoms with Crippen LogP contribution in [0.4, 0.5) is 5.69 Å². The maximum atomic E-state index is 12.8. The lowest BCUT2D eigenvalue weighted by molar-refractivity contribution is -0.117. The van der Waals surface area contributed by atoms with Crippen LogP contribution >= 0.6 is 11.6 Å². The van der Waals surface area contributed by atoms with Crippen molar-refractivity contribution in [1.82, 2.24) is 4.90 Å². The van der Waals surface area contributed by atoms with Gasteiger partial charge in [0, 0.05) is 39.5 Å². The van der Waals surface area contributed by atoms with Gasteiger partial charge >= 0.3 is 0 Å². The third-order valence-corrected chi connectivity index (χ3v) is 5.24. The summed E-state index contributed by atoms with van der Waals surface area (Å²) < 4.78 is 0. The number of likely N-dealkylation sites (N-methyl/N-ethyl adjacent to an activating group) is 1. The molecule has 3 aromatic rings. The average molecular weight is 419 g/mol. The van der Waals surface area contributed by atoms with Crippen molar-refractivity contribution in [3.05, 3.63) is 99.6 Å². The summed E-state index contributed by atoms with van der Waals surface area (Å²) >= 11 is 5.90. The Balaban J connectivity index is 1.45. The Morgan fingerprint density at radius 3 is 2.13 bits per heavy atom. The fourth-order valence-electron chi connectivity index (χ4n) is 3.58. The van der Waals surface area contributed by atoms with Crippen molar-refractivity contribution in [2.45, 2.75) is 6.54 Å². The first-order valence-corrected chi connectivity index (χ1v) is 9.85. The van der Waals surface area contributed by atoms with E-state index in [-0.39, 0.29) is 24.0 Å². The molecule has 0 spiro atoms. The van der Waals surface area contributed by atoms with Crippen LogP contribution in [0.15, 0.2) is 66.7 Å². The van der Waals surface area contributed by atoms with E-state index in [0.29, 0.717) is 39.5 Å². The van der Waals surface area contributed by atoms with Crippen LogP contribution < -0.4 is 5.32 Å². The van der Waals surface area contributed by atoms with Crippen LogP contribution in [0.1, 0.15) is 37.4 Å². The second-order valence-electron chi connectivity index (χ2n) is 7.31. The molecule has 4 rings (SSSR count). The summed E-state index contributed by atoms with van der Waals surface area (Å²) in [6, 6.07) is 19.1.